The molecule has 1 aliphatic carbocycles. The highest BCUT2D eigenvalue weighted by Gasteiger charge is 2.27. The van der Waals surface area contributed by atoms with Gasteiger partial charge in [-0.1, -0.05) is 43.5 Å². The zero-order valence-electron chi connectivity index (χ0n) is 19.2. The monoisotopic (exact) mass is 449 g/mol. The van der Waals surface area contributed by atoms with Gasteiger partial charge in [0.25, 0.3) is 0 Å². The quantitative estimate of drug-likeness (QED) is 0.430. The molecule has 4 rings (SSSR count). The van der Waals surface area contributed by atoms with E-state index in [2.05, 4.69) is 9.88 Å². The molecule has 2 amide bonds. The van der Waals surface area contributed by atoms with Gasteiger partial charge in [0.2, 0.25) is 0 Å². The number of anilines is 1. The predicted octanol–water partition coefficient (Wildman–Crippen LogP) is 6.44. The van der Waals surface area contributed by atoms with Crippen LogP contribution in [-0.2, 0) is 13.1 Å². The number of halogens is 1. The van der Waals surface area contributed by atoms with Crippen LogP contribution in [0.2, 0.25) is 0 Å². The number of benzene rings is 2. The maximum atomic E-state index is 13.7. The van der Waals surface area contributed by atoms with E-state index in [9.17, 15) is 9.18 Å². The van der Waals surface area contributed by atoms with Crippen LogP contribution in [0.4, 0.5) is 14.9 Å². The van der Waals surface area contributed by atoms with E-state index < -0.39 is 0 Å². The summed E-state index contributed by atoms with van der Waals surface area (Å²) in [5, 5.41) is 3.08. The number of hydrogen-bond donors (Lipinski definition) is 1. The van der Waals surface area contributed by atoms with E-state index >= 15 is 0 Å². The molecule has 1 N–H and O–H groups in total. The van der Waals surface area contributed by atoms with Crippen molar-refractivity contribution < 1.29 is 13.9 Å². The lowest BCUT2D eigenvalue weighted by Gasteiger charge is -2.34. The number of para-hydroxylation sites is 2. The third-order valence-electron chi connectivity index (χ3n) is 6.20. The van der Waals surface area contributed by atoms with Gasteiger partial charge in [0.15, 0.2) is 0 Å². The number of amides is 2. The van der Waals surface area contributed by atoms with Crippen LogP contribution in [0.3, 0.4) is 0 Å². The molecule has 5 nitrogen and oxygen atoms in total. The fraction of sp³-hybridized carbons (Fsp3) is 0.370. The maximum absolute atomic E-state index is 13.7. The van der Waals surface area contributed by atoms with E-state index in [1.165, 1.54) is 12.5 Å². The molecule has 0 spiro atoms. The van der Waals surface area contributed by atoms with Crippen molar-refractivity contribution in [3.63, 3.8) is 0 Å². The Morgan fingerprint density at radius 3 is 2.70 bits per heavy atom. The Bertz CT molecular complexity index is 1060. The van der Waals surface area contributed by atoms with Gasteiger partial charge in [0, 0.05) is 24.5 Å². The van der Waals surface area contributed by atoms with Crippen molar-refractivity contribution in [1.82, 2.24) is 9.47 Å². The van der Waals surface area contributed by atoms with Crippen molar-refractivity contribution in [2.75, 3.05) is 11.9 Å². The maximum Gasteiger partial charge on any atom is 0.322 e. The normalized spacial score (nSPS) is 14.1. The summed E-state index contributed by atoms with van der Waals surface area (Å²) in [7, 11) is 0. The molecule has 0 aliphatic heterocycles. The van der Waals surface area contributed by atoms with Crippen LogP contribution in [0.15, 0.2) is 66.9 Å². The SMILES string of the molecule is CCOc1ccccc1NC(=O)N(Cc1cccn1Cc1cccc(F)c1)C1CCCCC1. The number of carbonyl (C=O) groups excluding carboxylic acids is 1. The van der Waals surface area contributed by atoms with Crippen molar-refractivity contribution in [3.8, 4) is 5.75 Å². The Morgan fingerprint density at radius 2 is 1.91 bits per heavy atom. The minimum atomic E-state index is -0.239. The van der Waals surface area contributed by atoms with Crippen LogP contribution in [0.5, 0.6) is 5.75 Å². The van der Waals surface area contributed by atoms with Crippen LogP contribution >= 0.6 is 0 Å². The number of hydrogen-bond acceptors (Lipinski definition) is 2. The molecule has 0 unspecified atom stereocenters. The molecule has 1 saturated carbocycles. The van der Waals surface area contributed by atoms with Crippen molar-refractivity contribution >= 4 is 11.7 Å². The Labute approximate surface area is 195 Å². The molecule has 1 heterocycles. The Kier molecular flexibility index (Phi) is 7.66. The van der Waals surface area contributed by atoms with Crippen molar-refractivity contribution in [2.24, 2.45) is 0 Å². The van der Waals surface area contributed by atoms with Gasteiger partial charge in [-0.05, 0) is 61.7 Å². The average Bonchev–Trinajstić information content (AvgIpc) is 3.26. The standard InChI is InChI=1S/C27H32FN3O2/c1-2-33-26-16-7-6-15-25(26)29-27(32)31(23-12-4-3-5-13-23)20-24-14-9-17-30(24)19-21-10-8-11-22(28)18-21/h6-11,14-18,23H,2-5,12-13,19-20H2,1H3,(H,29,32). The summed E-state index contributed by atoms with van der Waals surface area (Å²) >= 11 is 0. The molecule has 2 aromatic carbocycles. The first-order chi connectivity index (χ1) is 16.1. The fourth-order valence-corrected chi connectivity index (χ4v) is 4.55. The second-order valence-corrected chi connectivity index (χ2v) is 8.54. The number of nitrogens with zero attached hydrogens (tertiary/aromatic N) is 2. The second-order valence-electron chi connectivity index (χ2n) is 8.54. The van der Waals surface area contributed by atoms with Crippen LogP contribution in [0.25, 0.3) is 0 Å². The second kappa shape index (κ2) is 11.0. The molecule has 0 atom stereocenters. The van der Waals surface area contributed by atoms with Gasteiger partial charge in [-0.3, -0.25) is 0 Å². The first-order valence-electron chi connectivity index (χ1n) is 11.8. The lowest BCUT2D eigenvalue weighted by Crippen LogP contribution is -2.43. The summed E-state index contributed by atoms with van der Waals surface area (Å²) in [6.45, 7) is 3.52. The average molecular weight is 450 g/mol. The van der Waals surface area contributed by atoms with E-state index in [1.807, 2.05) is 60.5 Å². The number of urea groups is 1. The Hall–Kier alpha value is -3.28. The summed E-state index contributed by atoms with van der Waals surface area (Å²) in [4.78, 5) is 15.5. The third kappa shape index (κ3) is 5.95. The molecular formula is C27H32FN3O2. The summed E-state index contributed by atoms with van der Waals surface area (Å²) in [5.74, 6) is 0.434. The minimum Gasteiger partial charge on any atom is -0.492 e. The molecule has 174 valence electrons. The molecule has 1 aliphatic rings. The summed E-state index contributed by atoms with van der Waals surface area (Å²) in [6, 6.07) is 18.3. The van der Waals surface area contributed by atoms with Crippen molar-refractivity contribution in [1.29, 1.82) is 0 Å². The summed E-state index contributed by atoms with van der Waals surface area (Å²) in [5.41, 5.74) is 2.60. The molecular weight excluding hydrogens is 417 g/mol. The summed E-state index contributed by atoms with van der Waals surface area (Å²) < 4.78 is 21.5. The highest BCUT2D eigenvalue weighted by Crippen LogP contribution is 2.28. The van der Waals surface area contributed by atoms with Crippen LogP contribution in [0, 0.1) is 5.82 Å². The van der Waals surface area contributed by atoms with Crippen molar-refractivity contribution in [2.45, 2.75) is 58.2 Å². The van der Waals surface area contributed by atoms with Crippen molar-refractivity contribution in [3.05, 3.63) is 83.9 Å². The zero-order valence-corrected chi connectivity index (χ0v) is 19.2. The van der Waals surface area contributed by atoms with E-state index in [-0.39, 0.29) is 17.9 Å². The molecule has 0 bridgehead atoms. The van der Waals surface area contributed by atoms with Gasteiger partial charge in [0.05, 0.1) is 18.8 Å². The molecule has 0 radical (unpaired) electrons. The van der Waals surface area contributed by atoms with E-state index in [0.29, 0.717) is 31.1 Å². The van der Waals surface area contributed by atoms with Gasteiger partial charge in [-0.2, -0.15) is 0 Å². The molecule has 33 heavy (non-hydrogen) atoms. The molecule has 0 saturated heterocycles. The topological polar surface area (TPSA) is 46.5 Å². The van der Waals surface area contributed by atoms with Crippen LogP contribution in [-0.4, -0.2) is 28.1 Å². The highest BCUT2D eigenvalue weighted by molar-refractivity contribution is 5.91. The van der Waals surface area contributed by atoms with Gasteiger partial charge in [-0.15, -0.1) is 0 Å². The number of aromatic nitrogens is 1. The number of ether oxygens (including phenoxy) is 1. The first kappa shape index (κ1) is 22.9. The van der Waals surface area contributed by atoms with Crippen LogP contribution in [0.1, 0.15) is 50.3 Å². The number of carbonyl (C=O) groups is 1. The number of rotatable bonds is 8. The Morgan fingerprint density at radius 1 is 1.09 bits per heavy atom. The molecule has 1 fully saturated rings. The first-order valence-corrected chi connectivity index (χ1v) is 11.8. The fourth-order valence-electron chi connectivity index (χ4n) is 4.55. The van der Waals surface area contributed by atoms with Gasteiger partial charge < -0.3 is 19.5 Å². The van der Waals surface area contributed by atoms with Gasteiger partial charge in [0.1, 0.15) is 11.6 Å². The highest BCUT2D eigenvalue weighted by atomic mass is 19.1. The lowest BCUT2D eigenvalue weighted by atomic mass is 9.94. The largest absolute Gasteiger partial charge is 0.492 e. The van der Waals surface area contributed by atoms with E-state index in [0.717, 1.165) is 36.9 Å². The van der Waals surface area contributed by atoms with Crippen LogP contribution < -0.4 is 10.1 Å². The summed E-state index contributed by atoms with van der Waals surface area (Å²) in [6.07, 6.45) is 7.48. The smallest absolute Gasteiger partial charge is 0.322 e. The third-order valence-corrected chi connectivity index (χ3v) is 6.20. The molecule has 3 aromatic rings. The minimum absolute atomic E-state index is 0.118. The van der Waals surface area contributed by atoms with E-state index in [1.54, 1.807) is 12.1 Å². The van der Waals surface area contributed by atoms with Gasteiger partial charge in [-0.25, -0.2) is 9.18 Å². The molecule has 6 heteroatoms. The predicted molar refractivity (Wildman–Crippen MR) is 129 cm³/mol. The Balaban J connectivity index is 1.55. The van der Waals surface area contributed by atoms with Gasteiger partial charge >= 0.3 is 6.03 Å². The zero-order chi connectivity index (χ0) is 23.0. The number of nitrogens with one attached hydrogen (secondary N) is 1. The molecule has 1 aromatic heterocycles. The lowest BCUT2D eigenvalue weighted by molar-refractivity contribution is 0.160. The van der Waals surface area contributed by atoms with E-state index in [4.69, 9.17) is 4.74 Å².